The Kier molecular flexibility index (Phi) is 3.11. The second-order valence-corrected chi connectivity index (χ2v) is 4.39. The first-order valence-corrected chi connectivity index (χ1v) is 5.83. The van der Waals surface area contributed by atoms with Gasteiger partial charge in [0, 0.05) is 17.1 Å². The molecule has 2 rings (SSSR count). The molecule has 0 radical (unpaired) electrons. The average molecular weight is 224 g/mol. The van der Waals surface area contributed by atoms with Crippen molar-refractivity contribution in [3.8, 4) is 0 Å². The number of hydrogen-bond donors (Lipinski definition) is 2. The molecule has 4 nitrogen and oxygen atoms in total. The van der Waals surface area contributed by atoms with Gasteiger partial charge in [-0.05, 0) is 12.8 Å². The summed E-state index contributed by atoms with van der Waals surface area (Å²) >= 11 is 1.76. The number of nitrogens with zero attached hydrogens (tertiary/aromatic N) is 1. The lowest BCUT2D eigenvalue weighted by Crippen LogP contribution is -1.92. The van der Waals surface area contributed by atoms with E-state index in [1.54, 1.807) is 18.1 Å². The number of unbranched alkanes of at least 4 members (excludes halogenated alkanes) is 1. The lowest BCUT2D eigenvalue weighted by molar-refractivity contribution is -0.137. The zero-order chi connectivity index (χ0) is 10.7. The lowest BCUT2D eigenvalue weighted by Gasteiger charge is -1.95. The first-order chi connectivity index (χ1) is 7.27. The molecule has 1 aliphatic heterocycles. The van der Waals surface area contributed by atoms with Crippen molar-refractivity contribution >= 4 is 22.6 Å². The largest absolute Gasteiger partial charge is 0.481 e. The molecule has 0 spiro atoms. The van der Waals surface area contributed by atoms with Crippen molar-refractivity contribution in [1.82, 2.24) is 9.97 Å². The van der Waals surface area contributed by atoms with Gasteiger partial charge in [0.05, 0.1) is 17.7 Å². The smallest absolute Gasteiger partial charge is 0.303 e. The Balaban J connectivity index is 1.90. The highest BCUT2D eigenvalue weighted by Crippen LogP contribution is 2.38. The second-order valence-electron chi connectivity index (χ2n) is 3.37. The quantitative estimate of drug-likeness (QED) is 0.770. The molecule has 5 heteroatoms. The van der Waals surface area contributed by atoms with E-state index in [-0.39, 0.29) is 6.42 Å². The Labute approximate surface area is 91.8 Å². The zero-order valence-electron chi connectivity index (χ0n) is 8.19. The van der Waals surface area contributed by atoms with Crippen molar-refractivity contribution in [2.75, 3.05) is 0 Å². The van der Waals surface area contributed by atoms with Crippen LogP contribution in [0.3, 0.4) is 0 Å². The fourth-order valence-corrected chi connectivity index (χ4v) is 2.57. The molecule has 0 aromatic carbocycles. The number of fused-ring (bicyclic) bond motifs is 1. The Bertz CT molecular complexity index is 398. The molecule has 15 heavy (non-hydrogen) atoms. The first kappa shape index (κ1) is 10.3. The lowest BCUT2D eigenvalue weighted by atomic mass is 10.2. The first-order valence-electron chi connectivity index (χ1n) is 4.85. The minimum atomic E-state index is -0.729. The van der Waals surface area contributed by atoms with Gasteiger partial charge < -0.3 is 10.1 Å². The molecule has 1 aliphatic rings. The third-order valence-electron chi connectivity index (χ3n) is 2.25. The monoisotopic (exact) mass is 224 g/mol. The maximum absolute atomic E-state index is 10.3. The van der Waals surface area contributed by atoms with Gasteiger partial charge >= 0.3 is 5.97 Å². The van der Waals surface area contributed by atoms with Gasteiger partial charge in [-0.25, -0.2) is 4.98 Å². The Hall–Kier alpha value is -1.23. The number of H-pyrrole nitrogens is 1. The SMILES string of the molecule is O=C(O)CCCC=C1SCc2[nH]cnc21. The summed E-state index contributed by atoms with van der Waals surface area (Å²) in [5.41, 5.74) is 2.21. The molecule has 0 fully saturated rings. The van der Waals surface area contributed by atoms with Gasteiger partial charge in [0.15, 0.2) is 0 Å². The molecule has 0 unspecified atom stereocenters. The number of allylic oxidation sites excluding steroid dienone is 1. The third kappa shape index (κ3) is 2.41. The summed E-state index contributed by atoms with van der Waals surface area (Å²) in [4.78, 5) is 18.8. The minimum absolute atomic E-state index is 0.238. The van der Waals surface area contributed by atoms with E-state index in [1.807, 2.05) is 0 Å². The van der Waals surface area contributed by atoms with Crippen LogP contribution < -0.4 is 0 Å². The second kappa shape index (κ2) is 4.53. The molecule has 0 bridgehead atoms. The van der Waals surface area contributed by atoms with Gasteiger partial charge in [0.25, 0.3) is 0 Å². The molecular weight excluding hydrogens is 212 g/mol. The van der Waals surface area contributed by atoms with Crippen LogP contribution in [0.15, 0.2) is 12.4 Å². The number of imidazole rings is 1. The summed E-state index contributed by atoms with van der Waals surface area (Å²) in [6.45, 7) is 0. The van der Waals surface area contributed by atoms with E-state index >= 15 is 0 Å². The molecule has 2 N–H and O–H groups in total. The maximum Gasteiger partial charge on any atom is 0.303 e. The van der Waals surface area contributed by atoms with E-state index in [4.69, 9.17) is 5.11 Å². The molecule has 0 aliphatic carbocycles. The summed E-state index contributed by atoms with van der Waals surface area (Å²) in [5.74, 6) is 0.216. The van der Waals surface area contributed by atoms with E-state index in [2.05, 4.69) is 16.0 Å². The van der Waals surface area contributed by atoms with Crippen LogP contribution in [0.25, 0.3) is 4.91 Å². The summed E-state index contributed by atoms with van der Waals surface area (Å²) in [6.07, 6.45) is 5.53. The average Bonchev–Trinajstić information content (AvgIpc) is 2.74. The maximum atomic E-state index is 10.3. The van der Waals surface area contributed by atoms with E-state index in [1.165, 1.54) is 10.6 Å². The number of aromatic nitrogens is 2. The summed E-state index contributed by atoms with van der Waals surface area (Å²) in [6, 6.07) is 0. The zero-order valence-corrected chi connectivity index (χ0v) is 9.01. The van der Waals surface area contributed by atoms with E-state index in [0.717, 1.165) is 17.9 Å². The molecule has 80 valence electrons. The predicted molar refractivity (Wildman–Crippen MR) is 59.3 cm³/mol. The summed E-state index contributed by atoms with van der Waals surface area (Å²) in [5, 5.41) is 8.49. The van der Waals surface area contributed by atoms with E-state index in [0.29, 0.717) is 6.42 Å². The van der Waals surface area contributed by atoms with Crippen molar-refractivity contribution in [3.63, 3.8) is 0 Å². The van der Waals surface area contributed by atoms with Crippen LogP contribution in [0.4, 0.5) is 0 Å². The molecule has 0 amide bonds. The highest BCUT2D eigenvalue weighted by Gasteiger charge is 2.18. The van der Waals surface area contributed by atoms with Crippen molar-refractivity contribution in [2.45, 2.75) is 25.0 Å². The van der Waals surface area contributed by atoms with E-state index < -0.39 is 5.97 Å². The summed E-state index contributed by atoms with van der Waals surface area (Å²) in [7, 11) is 0. The molecule has 0 atom stereocenters. The molecule has 2 heterocycles. The highest BCUT2D eigenvalue weighted by atomic mass is 32.2. The van der Waals surface area contributed by atoms with Crippen molar-refractivity contribution in [2.24, 2.45) is 0 Å². The number of rotatable bonds is 4. The number of aliphatic carboxylic acids is 1. The molecule has 1 aromatic rings. The topological polar surface area (TPSA) is 66.0 Å². The van der Waals surface area contributed by atoms with Crippen molar-refractivity contribution in [3.05, 3.63) is 23.8 Å². The van der Waals surface area contributed by atoms with Crippen molar-refractivity contribution in [1.29, 1.82) is 0 Å². The number of carbonyl (C=O) groups is 1. The number of carboxylic acids is 1. The van der Waals surface area contributed by atoms with Crippen LogP contribution in [0, 0.1) is 0 Å². The Morgan fingerprint density at radius 1 is 1.73 bits per heavy atom. The van der Waals surface area contributed by atoms with Gasteiger partial charge in [0.2, 0.25) is 0 Å². The van der Waals surface area contributed by atoms with E-state index in [9.17, 15) is 4.79 Å². The Morgan fingerprint density at radius 2 is 2.60 bits per heavy atom. The van der Waals surface area contributed by atoms with Gasteiger partial charge in [-0.3, -0.25) is 4.79 Å². The van der Waals surface area contributed by atoms with Crippen LogP contribution in [0.2, 0.25) is 0 Å². The van der Waals surface area contributed by atoms with Crippen LogP contribution in [-0.2, 0) is 10.5 Å². The molecule has 0 saturated carbocycles. The summed E-state index contributed by atoms with van der Waals surface area (Å²) < 4.78 is 0. The number of hydrogen-bond acceptors (Lipinski definition) is 3. The number of nitrogens with one attached hydrogen (secondary N) is 1. The highest BCUT2D eigenvalue weighted by molar-refractivity contribution is 8.08. The fraction of sp³-hybridized carbons (Fsp3) is 0.400. The van der Waals surface area contributed by atoms with Crippen LogP contribution in [0.5, 0.6) is 0 Å². The molecular formula is C10H12N2O2S. The number of aromatic amines is 1. The predicted octanol–water partition coefficient (Wildman–Crippen LogP) is 2.25. The van der Waals surface area contributed by atoms with Crippen LogP contribution >= 0.6 is 11.8 Å². The standard InChI is InChI=1S/C10H12N2O2S/c13-9(14)4-2-1-3-8-10-7(5-15-8)11-6-12-10/h3,6H,1-2,4-5H2,(H,11,12)(H,13,14). The Morgan fingerprint density at radius 3 is 3.40 bits per heavy atom. The van der Waals surface area contributed by atoms with Gasteiger partial charge in [-0.1, -0.05) is 6.08 Å². The van der Waals surface area contributed by atoms with Crippen LogP contribution in [-0.4, -0.2) is 21.0 Å². The van der Waals surface area contributed by atoms with Crippen LogP contribution in [0.1, 0.15) is 30.7 Å². The molecule has 1 aromatic heterocycles. The van der Waals surface area contributed by atoms with Gasteiger partial charge in [0.1, 0.15) is 0 Å². The van der Waals surface area contributed by atoms with Gasteiger partial charge in [-0.2, -0.15) is 0 Å². The minimum Gasteiger partial charge on any atom is -0.481 e. The number of thioether (sulfide) groups is 1. The fourth-order valence-electron chi connectivity index (χ4n) is 1.50. The van der Waals surface area contributed by atoms with Crippen molar-refractivity contribution < 1.29 is 9.90 Å². The normalized spacial score (nSPS) is 16.9. The number of carboxylic acid groups (broad SMARTS) is 1. The molecule has 0 saturated heterocycles. The van der Waals surface area contributed by atoms with Gasteiger partial charge in [-0.15, -0.1) is 11.8 Å². The third-order valence-corrected chi connectivity index (χ3v) is 3.35.